The van der Waals surface area contributed by atoms with E-state index in [-0.39, 0.29) is 5.28 Å². The summed E-state index contributed by atoms with van der Waals surface area (Å²) in [5, 5.41) is 0.193. The first-order valence-corrected chi connectivity index (χ1v) is 5.82. The standard InChI is InChI=1S/C6H12.C5H6ClN3/c1-2-4-6-5-3-1;1-3-2-8-5(6)9-4(3)7/h1-6H2;2H,1H3,(H2,7,8,9). The number of halogens is 1. The molecular weight excluding hydrogens is 210 g/mol. The second-order valence-corrected chi connectivity index (χ2v) is 4.17. The van der Waals surface area contributed by atoms with Crippen LogP contribution in [0.2, 0.25) is 5.28 Å². The van der Waals surface area contributed by atoms with Crippen LogP contribution in [-0.2, 0) is 0 Å². The summed E-state index contributed by atoms with van der Waals surface area (Å²) in [7, 11) is 0. The lowest BCUT2D eigenvalue weighted by Crippen LogP contribution is -1.94. The molecule has 0 atom stereocenters. The Balaban J connectivity index is 0.000000162. The Kier molecular flexibility index (Phi) is 5.40. The molecule has 1 heterocycles. The quantitative estimate of drug-likeness (QED) is 0.692. The summed E-state index contributed by atoms with van der Waals surface area (Å²) < 4.78 is 0. The average Bonchev–Trinajstić information content (AvgIpc) is 2.27. The molecule has 15 heavy (non-hydrogen) atoms. The van der Waals surface area contributed by atoms with Gasteiger partial charge in [-0.3, -0.25) is 0 Å². The lowest BCUT2D eigenvalue weighted by molar-refractivity contribution is 0.504. The van der Waals surface area contributed by atoms with Gasteiger partial charge in [0.25, 0.3) is 0 Å². The van der Waals surface area contributed by atoms with Crippen LogP contribution in [0.15, 0.2) is 6.20 Å². The van der Waals surface area contributed by atoms with Gasteiger partial charge in [-0.25, -0.2) is 9.97 Å². The van der Waals surface area contributed by atoms with Crippen LogP contribution in [-0.4, -0.2) is 9.97 Å². The first-order valence-electron chi connectivity index (χ1n) is 5.45. The van der Waals surface area contributed by atoms with E-state index >= 15 is 0 Å². The highest BCUT2D eigenvalue weighted by molar-refractivity contribution is 6.28. The lowest BCUT2D eigenvalue weighted by atomic mass is 10.0. The van der Waals surface area contributed by atoms with Gasteiger partial charge >= 0.3 is 0 Å². The van der Waals surface area contributed by atoms with Gasteiger partial charge in [-0.1, -0.05) is 38.5 Å². The Morgan fingerprint density at radius 2 is 1.60 bits per heavy atom. The lowest BCUT2D eigenvalue weighted by Gasteiger charge is -2.05. The van der Waals surface area contributed by atoms with Crippen LogP contribution in [0.4, 0.5) is 5.82 Å². The van der Waals surface area contributed by atoms with Crippen LogP contribution >= 0.6 is 11.6 Å². The number of rotatable bonds is 0. The fourth-order valence-electron chi connectivity index (χ4n) is 1.49. The first-order chi connectivity index (χ1) is 7.20. The van der Waals surface area contributed by atoms with Crippen molar-refractivity contribution < 1.29 is 0 Å². The van der Waals surface area contributed by atoms with Crippen LogP contribution in [0.3, 0.4) is 0 Å². The van der Waals surface area contributed by atoms with Gasteiger partial charge in [-0.05, 0) is 18.5 Å². The Morgan fingerprint density at radius 3 is 1.93 bits per heavy atom. The third kappa shape index (κ3) is 4.98. The molecule has 0 aliphatic heterocycles. The molecule has 1 aliphatic rings. The van der Waals surface area contributed by atoms with Crippen molar-refractivity contribution in [3.63, 3.8) is 0 Å². The monoisotopic (exact) mass is 227 g/mol. The van der Waals surface area contributed by atoms with E-state index in [1.165, 1.54) is 38.5 Å². The van der Waals surface area contributed by atoms with Gasteiger partial charge in [-0.2, -0.15) is 0 Å². The maximum absolute atomic E-state index is 5.41. The number of nitrogens with two attached hydrogens (primary N) is 1. The third-order valence-electron chi connectivity index (χ3n) is 2.48. The highest BCUT2D eigenvalue weighted by Crippen LogP contribution is 2.15. The molecule has 0 aromatic carbocycles. The molecular formula is C11H18ClN3. The van der Waals surface area contributed by atoms with E-state index < -0.39 is 0 Å². The van der Waals surface area contributed by atoms with Gasteiger partial charge in [0.1, 0.15) is 5.82 Å². The van der Waals surface area contributed by atoms with Gasteiger partial charge in [0.05, 0.1) is 0 Å². The SMILES string of the molecule is C1CCCCC1.Cc1cnc(Cl)nc1N. The van der Waals surface area contributed by atoms with Crippen molar-refractivity contribution in [2.45, 2.75) is 45.4 Å². The Hall–Kier alpha value is -0.830. The van der Waals surface area contributed by atoms with E-state index in [9.17, 15) is 0 Å². The van der Waals surface area contributed by atoms with Gasteiger partial charge in [0, 0.05) is 11.8 Å². The average molecular weight is 228 g/mol. The van der Waals surface area contributed by atoms with Crippen molar-refractivity contribution in [1.82, 2.24) is 9.97 Å². The van der Waals surface area contributed by atoms with E-state index in [0.29, 0.717) is 5.82 Å². The van der Waals surface area contributed by atoms with Crippen LogP contribution in [0.25, 0.3) is 0 Å². The van der Waals surface area contributed by atoms with Gasteiger partial charge < -0.3 is 5.73 Å². The van der Waals surface area contributed by atoms with Gasteiger partial charge in [-0.15, -0.1) is 0 Å². The molecule has 84 valence electrons. The number of nitrogen functional groups attached to an aromatic ring is 1. The molecule has 2 N–H and O–H groups in total. The van der Waals surface area contributed by atoms with E-state index in [0.717, 1.165) is 5.56 Å². The Bertz CT molecular complexity index is 286. The molecule has 0 radical (unpaired) electrons. The minimum absolute atomic E-state index is 0.193. The first kappa shape index (κ1) is 12.2. The maximum atomic E-state index is 5.41. The van der Waals surface area contributed by atoms with Crippen molar-refractivity contribution in [2.75, 3.05) is 5.73 Å². The van der Waals surface area contributed by atoms with Crippen LogP contribution in [0, 0.1) is 6.92 Å². The van der Waals surface area contributed by atoms with E-state index in [1.54, 1.807) is 6.20 Å². The summed E-state index contributed by atoms with van der Waals surface area (Å²) in [5.41, 5.74) is 6.23. The highest BCUT2D eigenvalue weighted by Gasteiger charge is 1.95. The second-order valence-electron chi connectivity index (χ2n) is 3.83. The van der Waals surface area contributed by atoms with Crippen molar-refractivity contribution in [1.29, 1.82) is 0 Å². The zero-order valence-electron chi connectivity index (χ0n) is 9.17. The zero-order chi connectivity index (χ0) is 11.1. The molecule has 0 spiro atoms. The molecule has 4 heteroatoms. The van der Waals surface area contributed by atoms with Crippen LogP contribution in [0.5, 0.6) is 0 Å². The Morgan fingerprint density at radius 1 is 1.13 bits per heavy atom. The van der Waals surface area contributed by atoms with Gasteiger partial charge in [0.2, 0.25) is 5.28 Å². The molecule has 2 rings (SSSR count). The molecule has 0 unspecified atom stereocenters. The highest BCUT2D eigenvalue weighted by atomic mass is 35.5. The second kappa shape index (κ2) is 6.62. The van der Waals surface area contributed by atoms with E-state index in [4.69, 9.17) is 17.3 Å². The predicted octanol–water partition coefficient (Wildman–Crippen LogP) is 3.36. The minimum atomic E-state index is 0.193. The number of aryl methyl sites for hydroxylation is 1. The van der Waals surface area contributed by atoms with E-state index in [1.807, 2.05) is 6.92 Å². The molecule has 1 fully saturated rings. The molecule has 0 amide bonds. The molecule has 1 saturated carbocycles. The summed E-state index contributed by atoms with van der Waals surface area (Å²) in [4.78, 5) is 7.42. The number of aromatic nitrogens is 2. The predicted molar refractivity (Wildman–Crippen MR) is 63.9 cm³/mol. The maximum Gasteiger partial charge on any atom is 0.224 e. The van der Waals surface area contributed by atoms with Crippen molar-refractivity contribution in [3.8, 4) is 0 Å². The number of hydrogen-bond donors (Lipinski definition) is 1. The molecule has 1 aromatic heterocycles. The molecule has 3 nitrogen and oxygen atoms in total. The summed E-state index contributed by atoms with van der Waals surface area (Å²) in [6, 6.07) is 0. The fraction of sp³-hybridized carbons (Fsp3) is 0.636. The topological polar surface area (TPSA) is 51.8 Å². The Labute approximate surface area is 96.1 Å². The van der Waals surface area contributed by atoms with Crippen molar-refractivity contribution in [2.24, 2.45) is 0 Å². The minimum Gasteiger partial charge on any atom is -0.383 e. The molecule has 1 aliphatic carbocycles. The summed E-state index contributed by atoms with van der Waals surface area (Å²) in [6.07, 6.45) is 10.6. The largest absolute Gasteiger partial charge is 0.383 e. The van der Waals surface area contributed by atoms with E-state index in [2.05, 4.69) is 9.97 Å². The van der Waals surface area contributed by atoms with Crippen molar-refractivity contribution in [3.05, 3.63) is 17.0 Å². The fourth-order valence-corrected chi connectivity index (χ4v) is 1.63. The number of nitrogens with zero attached hydrogens (tertiary/aromatic N) is 2. The third-order valence-corrected chi connectivity index (χ3v) is 2.66. The molecule has 0 bridgehead atoms. The summed E-state index contributed by atoms with van der Waals surface area (Å²) in [6.45, 7) is 1.83. The van der Waals surface area contributed by atoms with Crippen LogP contribution in [0.1, 0.15) is 44.1 Å². The van der Waals surface area contributed by atoms with Crippen molar-refractivity contribution >= 4 is 17.4 Å². The summed E-state index contributed by atoms with van der Waals surface area (Å²) >= 11 is 5.41. The molecule has 0 saturated heterocycles. The normalized spacial score (nSPS) is 15.3. The van der Waals surface area contributed by atoms with Gasteiger partial charge in [0.15, 0.2) is 0 Å². The number of anilines is 1. The van der Waals surface area contributed by atoms with Crippen LogP contribution < -0.4 is 5.73 Å². The summed E-state index contributed by atoms with van der Waals surface area (Å²) in [5.74, 6) is 0.440. The zero-order valence-corrected chi connectivity index (χ0v) is 9.93. The smallest absolute Gasteiger partial charge is 0.224 e. The number of hydrogen-bond acceptors (Lipinski definition) is 3. The molecule has 1 aromatic rings.